The van der Waals surface area contributed by atoms with Crippen LogP contribution in [0.3, 0.4) is 0 Å². The monoisotopic (exact) mass is 342 g/mol. The highest BCUT2D eigenvalue weighted by atomic mass is 16.5. The molecule has 0 atom stereocenters. The fraction of sp³-hybridized carbons (Fsp3) is 0.263. The van der Waals surface area contributed by atoms with Gasteiger partial charge < -0.3 is 14.9 Å². The summed E-state index contributed by atoms with van der Waals surface area (Å²) in [6.07, 6.45) is 3.13. The van der Waals surface area contributed by atoms with Crippen molar-refractivity contribution in [1.82, 2.24) is 5.43 Å². The lowest BCUT2D eigenvalue weighted by Crippen LogP contribution is -2.17. The van der Waals surface area contributed by atoms with Crippen molar-refractivity contribution in [1.29, 1.82) is 0 Å². The third-order valence-corrected chi connectivity index (χ3v) is 3.84. The van der Waals surface area contributed by atoms with E-state index in [0.717, 1.165) is 17.7 Å². The number of phenols is 2. The molecule has 0 aliphatic carbocycles. The van der Waals surface area contributed by atoms with Crippen molar-refractivity contribution >= 4 is 12.1 Å². The molecule has 0 saturated heterocycles. The van der Waals surface area contributed by atoms with E-state index in [1.807, 2.05) is 25.1 Å². The van der Waals surface area contributed by atoms with Crippen molar-refractivity contribution in [2.45, 2.75) is 26.2 Å². The first kappa shape index (κ1) is 18.3. The van der Waals surface area contributed by atoms with Gasteiger partial charge in [-0.1, -0.05) is 12.1 Å². The number of carbonyl (C=O) groups excluding carboxylic acids is 1. The minimum absolute atomic E-state index is 0.206. The second-order valence-electron chi connectivity index (χ2n) is 5.65. The number of methoxy groups -OCH3 is 1. The van der Waals surface area contributed by atoms with E-state index < -0.39 is 0 Å². The summed E-state index contributed by atoms with van der Waals surface area (Å²) in [6, 6.07) is 10.4. The normalized spacial score (nSPS) is 10.8. The van der Waals surface area contributed by atoms with Gasteiger partial charge in [0.2, 0.25) is 5.91 Å². The van der Waals surface area contributed by atoms with Crippen LogP contribution in [-0.2, 0) is 11.2 Å². The maximum Gasteiger partial charge on any atom is 0.240 e. The second-order valence-corrected chi connectivity index (χ2v) is 5.65. The van der Waals surface area contributed by atoms with Crippen LogP contribution in [-0.4, -0.2) is 29.4 Å². The van der Waals surface area contributed by atoms with Gasteiger partial charge in [0.05, 0.1) is 13.3 Å². The molecule has 0 radical (unpaired) electrons. The number of nitrogens with one attached hydrogen (secondary N) is 1. The topological polar surface area (TPSA) is 91.2 Å². The van der Waals surface area contributed by atoms with Crippen LogP contribution >= 0.6 is 0 Å². The van der Waals surface area contributed by atoms with Gasteiger partial charge in [0.1, 0.15) is 5.75 Å². The highest BCUT2D eigenvalue weighted by Crippen LogP contribution is 2.26. The molecule has 0 aromatic heterocycles. The van der Waals surface area contributed by atoms with E-state index in [1.54, 1.807) is 19.2 Å². The molecule has 2 aromatic rings. The number of ether oxygens (including phenoxy) is 1. The molecule has 0 spiro atoms. The lowest BCUT2D eigenvalue weighted by molar-refractivity contribution is -0.121. The molecule has 6 heteroatoms. The zero-order chi connectivity index (χ0) is 18.2. The molecule has 132 valence electrons. The Morgan fingerprint density at radius 2 is 2.08 bits per heavy atom. The number of hydrazone groups is 1. The Labute approximate surface area is 146 Å². The molecule has 2 aromatic carbocycles. The van der Waals surface area contributed by atoms with Crippen LogP contribution in [0.1, 0.15) is 29.5 Å². The highest BCUT2D eigenvalue weighted by molar-refractivity contribution is 5.86. The number of hydrogen-bond acceptors (Lipinski definition) is 5. The lowest BCUT2D eigenvalue weighted by atomic mass is 10.0. The zero-order valence-corrected chi connectivity index (χ0v) is 14.3. The van der Waals surface area contributed by atoms with Crippen molar-refractivity contribution in [2.24, 2.45) is 5.10 Å². The van der Waals surface area contributed by atoms with Crippen LogP contribution < -0.4 is 10.2 Å². The summed E-state index contributed by atoms with van der Waals surface area (Å²) < 4.78 is 5.18. The largest absolute Gasteiger partial charge is 0.504 e. The first-order valence-electron chi connectivity index (χ1n) is 7.97. The Bertz CT molecular complexity index is 772. The number of rotatable bonds is 7. The zero-order valence-electron chi connectivity index (χ0n) is 14.3. The number of nitrogens with zero attached hydrogens (tertiary/aromatic N) is 1. The van der Waals surface area contributed by atoms with Crippen LogP contribution in [0.2, 0.25) is 0 Å². The minimum Gasteiger partial charge on any atom is -0.504 e. The number of aromatic hydroxyl groups is 2. The van der Waals surface area contributed by atoms with Crippen LogP contribution in [0.25, 0.3) is 0 Å². The van der Waals surface area contributed by atoms with Crippen molar-refractivity contribution in [3.05, 3.63) is 53.1 Å². The lowest BCUT2D eigenvalue weighted by Gasteiger charge is -2.07. The highest BCUT2D eigenvalue weighted by Gasteiger charge is 2.05. The fourth-order valence-electron chi connectivity index (χ4n) is 2.40. The van der Waals surface area contributed by atoms with Gasteiger partial charge >= 0.3 is 0 Å². The molecule has 0 bridgehead atoms. The number of aryl methyl sites for hydroxylation is 2. The molecular weight excluding hydrogens is 320 g/mol. The fourth-order valence-corrected chi connectivity index (χ4v) is 2.40. The smallest absolute Gasteiger partial charge is 0.240 e. The number of amides is 1. The molecule has 0 fully saturated rings. The van der Waals surface area contributed by atoms with Gasteiger partial charge in [0.25, 0.3) is 0 Å². The van der Waals surface area contributed by atoms with Crippen molar-refractivity contribution in [3.63, 3.8) is 0 Å². The van der Waals surface area contributed by atoms with Gasteiger partial charge in [0, 0.05) is 12.0 Å². The third-order valence-electron chi connectivity index (χ3n) is 3.84. The summed E-state index contributed by atoms with van der Waals surface area (Å²) in [6.45, 7) is 2.02. The number of para-hydroxylation sites is 1. The molecule has 0 aliphatic rings. The Kier molecular flexibility index (Phi) is 6.39. The summed E-state index contributed by atoms with van der Waals surface area (Å²) >= 11 is 0. The number of hydrogen-bond donors (Lipinski definition) is 3. The molecule has 0 unspecified atom stereocenters. The molecule has 2 rings (SSSR count). The Morgan fingerprint density at radius 3 is 2.80 bits per heavy atom. The van der Waals surface area contributed by atoms with E-state index in [0.29, 0.717) is 18.4 Å². The van der Waals surface area contributed by atoms with Gasteiger partial charge in [-0.25, -0.2) is 5.43 Å². The predicted octanol–water partition coefficient (Wildman–Crippen LogP) is 2.89. The van der Waals surface area contributed by atoms with E-state index in [2.05, 4.69) is 10.5 Å². The maximum absolute atomic E-state index is 11.8. The van der Waals surface area contributed by atoms with Crippen LogP contribution in [0.5, 0.6) is 17.2 Å². The predicted molar refractivity (Wildman–Crippen MR) is 96.2 cm³/mol. The maximum atomic E-state index is 11.8. The van der Waals surface area contributed by atoms with Gasteiger partial charge in [-0.3, -0.25) is 4.79 Å². The van der Waals surface area contributed by atoms with Crippen molar-refractivity contribution < 1.29 is 19.7 Å². The summed E-state index contributed by atoms with van der Waals surface area (Å²) in [4.78, 5) is 11.8. The molecule has 25 heavy (non-hydrogen) atoms. The van der Waals surface area contributed by atoms with Crippen LogP contribution in [0.4, 0.5) is 0 Å². The molecule has 0 saturated carbocycles. The van der Waals surface area contributed by atoms with E-state index in [9.17, 15) is 15.0 Å². The van der Waals surface area contributed by atoms with E-state index in [1.165, 1.54) is 17.8 Å². The molecular formula is C19H22N2O4. The molecule has 3 N–H and O–H groups in total. The molecule has 0 heterocycles. The van der Waals surface area contributed by atoms with Crippen LogP contribution in [0.15, 0.2) is 41.5 Å². The number of carbonyl (C=O) groups is 1. The summed E-state index contributed by atoms with van der Waals surface area (Å²) in [7, 11) is 1.63. The van der Waals surface area contributed by atoms with E-state index in [4.69, 9.17) is 4.74 Å². The first-order valence-corrected chi connectivity index (χ1v) is 7.97. The summed E-state index contributed by atoms with van der Waals surface area (Å²) in [5.41, 5.74) is 5.06. The van der Waals surface area contributed by atoms with Gasteiger partial charge in [0.15, 0.2) is 11.5 Å². The molecule has 1 amide bonds. The van der Waals surface area contributed by atoms with Crippen molar-refractivity contribution in [3.8, 4) is 17.2 Å². The third kappa shape index (κ3) is 5.24. The van der Waals surface area contributed by atoms with Crippen molar-refractivity contribution in [2.75, 3.05) is 7.11 Å². The average molecular weight is 342 g/mol. The number of benzene rings is 2. The Morgan fingerprint density at radius 1 is 1.28 bits per heavy atom. The average Bonchev–Trinajstić information content (AvgIpc) is 2.60. The van der Waals surface area contributed by atoms with Crippen LogP contribution in [0, 0.1) is 6.92 Å². The molecule has 0 aliphatic heterocycles. The molecule has 6 nitrogen and oxygen atoms in total. The van der Waals surface area contributed by atoms with E-state index >= 15 is 0 Å². The van der Waals surface area contributed by atoms with E-state index in [-0.39, 0.29) is 17.4 Å². The van der Waals surface area contributed by atoms with Gasteiger partial charge in [-0.15, -0.1) is 0 Å². The summed E-state index contributed by atoms with van der Waals surface area (Å²) in [5.74, 6) is 0.117. The summed E-state index contributed by atoms with van der Waals surface area (Å²) in [5, 5.41) is 22.8. The SMILES string of the molecule is COc1ccc(CCCC(=O)N/N=C/c2cccc(O)c2O)c(C)c1. The first-order chi connectivity index (χ1) is 12.0. The minimum atomic E-state index is -0.268. The van der Waals surface area contributed by atoms with Gasteiger partial charge in [-0.05, 0) is 55.2 Å². The second kappa shape index (κ2) is 8.73. The standard InChI is InChI=1S/C19H22N2O4/c1-13-11-16(25-2)10-9-14(13)5-4-8-18(23)21-20-12-15-6-3-7-17(22)19(15)24/h3,6-7,9-12,22,24H,4-5,8H2,1-2H3,(H,21,23)/b20-12+. The number of phenolic OH excluding ortho intramolecular Hbond substituents is 2. The Balaban J connectivity index is 1.79. The van der Waals surface area contributed by atoms with Gasteiger partial charge in [-0.2, -0.15) is 5.10 Å². The quantitative estimate of drug-likeness (QED) is 0.410. The Hall–Kier alpha value is -3.02.